The van der Waals surface area contributed by atoms with Gasteiger partial charge in [-0.1, -0.05) is 23.7 Å². The van der Waals surface area contributed by atoms with Crippen molar-refractivity contribution in [2.24, 2.45) is 0 Å². The van der Waals surface area contributed by atoms with E-state index in [-0.39, 0.29) is 30.2 Å². The molecule has 2 N–H and O–H groups in total. The molecule has 0 spiro atoms. The predicted octanol–water partition coefficient (Wildman–Crippen LogP) is 2.62. The Morgan fingerprint density at radius 3 is 3.00 bits per heavy atom. The van der Waals surface area contributed by atoms with Crippen molar-refractivity contribution in [2.45, 2.75) is 38.3 Å². The Balaban J connectivity index is 0.00000208. The van der Waals surface area contributed by atoms with Crippen LogP contribution in [0.3, 0.4) is 0 Å². The average Bonchev–Trinajstić information content (AvgIpc) is 3.06. The van der Waals surface area contributed by atoms with Crippen LogP contribution in [0.2, 0.25) is 0 Å². The van der Waals surface area contributed by atoms with Crippen molar-refractivity contribution >= 4 is 18.3 Å². The highest BCUT2D eigenvalue weighted by atomic mass is 35.5. The highest BCUT2D eigenvalue weighted by Gasteiger charge is 2.24. The van der Waals surface area contributed by atoms with E-state index in [9.17, 15) is 9.18 Å². The van der Waals surface area contributed by atoms with E-state index in [1.54, 1.807) is 19.1 Å². The lowest BCUT2D eigenvalue weighted by Gasteiger charge is -2.23. The lowest BCUT2D eigenvalue weighted by molar-refractivity contribution is -0.124. The summed E-state index contributed by atoms with van der Waals surface area (Å²) in [6, 6.07) is 5.40. The van der Waals surface area contributed by atoms with Crippen LogP contribution < -0.4 is 10.6 Å². The second-order valence-corrected chi connectivity index (χ2v) is 5.70. The maximum Gasteiger partial charge on any atom is 0.249 e. The summed E-state index contributed by atoms with van der Waals surface area (Å²) in [5, 5.41) is 9.91. The first kappa shape index (κ1) is 18.4. The molecule has 130 valence electrons. The topological polar surface area (TPSA) is 80.0 Å². The van der Waals surface area contributed by atoms with Gasteiger partial charge in [0.15, 0.2) is 0 Å². The summed E-state index contributed by atoms with van der Waals surface area (Å²) in [6.45, 7) is 2.64. The fourth-order valence-electron chi connectivity index (χ4n) is 2.61. The van der Waals surface area contributed by atoms with E-state index in [1.165, 1.54) is 12.1 Å². The van der Waals surface area contributed by atoms with Crippen molar-refractivity contribution < 1.29 is 13.7 Å². The minimum absolute atomic E-state index is 0. The van der Waals surface area contributed by atoms with Gasteiger partial charge in [-0.2, -0.15) is 4.98 Å². The van der Waals surface area contributed by atoms with E-state index in [4.69, 9.17) is 4.52 Å². The van der Waals surface area contributed by atoms with E-state index in [0.717, 1.165) is 25.8 Å². The lowest BCUT2D eigenvalue weighted by Crippen LogP contribution is -2.47. The van der Waals surface area contributed by atoms with Crippen LogP contribution in [0.25, 0.3) is 11.4 Å². The van der Waals surface area contributed by atoms with Gasteiger partial charge < -0.3 is 15.2 Å². The fraction of sp³-hybridized carbons (Fsp3) is 0.438. The van der Waals surface area contributed by atoms with Crippen molar-refractivity contribution in [3.05, 3.63) is 36.0 Å². The number of benzene rings is 1. The number of carbonyl (C=O) groups excluding carboxylic acids is 1. The zero-order chi connectivity index (χ0) is 16.2. The second-order valence-electron chi connectivity index (χ2n) is 5.70. The summed E-state index contributed by atoms with van der Waals surface area (Å²) < 4.78 is 18.4. The Hall–Kier alpha value is -1.99. The van der Waals surface area contributed by atoms with Gasteiger partial charge in [0.2, 0.25) is 17.6 Å². The van der Waals surface area contributed by atoms with Gasteiger partial charge >= 0.3 is 0 Å². The number of rotatable bonds is 4. The standard InChI is InChI=1S/C16H19FN4O2.ClH/c1-10(19-15(22)13-7-2-3-8-18-13)16-20-14(21-23-16)11-5-4-6-12(17)9-11;/h4-6,9-10,13,18H,2-3,7-8H2,1H3,(H,19,22);1H. The molecule has 2 unspecified atom stereocenters. The van der Waals surface area contributed by atoms with Crippen molar-refractivity contribution in [2.75, 3.05) is 6.54 Å². The first-order chi connectivity index (χ1) is 11.1. The number of aromatic nitrogens is 2. The molecule has 1 aromatic carbocycles. The largest absolute Gasteiger partial charge is 0.343 e. The molecule has 1 saturated heterocycles. The highest BCUT2D eigenvalue weighted by Crippen LogP contribution is 2.19. The number of hydrogen-bond donors (Lipinski definition) is 2. The molecule has 6 nitrogen and oxygen atoms in total. The second kappa shape index (κ2) is 8.21. The molecule has 0 radical (unpaired) electrons. The van der Waals surface area contributed by atoms with Crippen LogP contribution in [0.5, 0.6) is 0 Å². The first-order valence-corrected chi connectivity index (χ1v) is 7.77. The van der Waals surface area contributed by atoms with Crippen molar-refractivity contribution in [1.82, 2.24) is 20.8 Å². The van der Waals surface area contributed by atoms with Crippen LogP contribution in [0.4, 0.5) is 4.39 Å². The van der Waals surface area contributed by atoms with Crippen molar-refractivity contribution in [1.29, 1.82) is 0 Å². The van der Waals surface area contributed by atoms with Gasteiger partial charge in [0.05, 0.1) is 6.04 Å². The Kier molecular flexibility index (Phi) is 6.28. The van der Waals surface area contributed by atoms with Crippen LogP contribution in [-0.2, 0) is 4.79 Å². The molecular formula is C16H20ClFN4O2. The monoisotopic (exact) mass is 354 g/mol. The third-order valence-electron chi connectivity index (χ3n) is 3.88. The minimum atomic E-state index is -0.402. The summed E-state index contributed by atoms with van der Waals surface area (Å²) in [6.07, 6.45) is 2.97. The number of amides is 1. The number of nitrogens with one attached hydrogen (secondary N) is 2. The fourth-order valence-corrected chi connectivity index (χ4v) is 2.61. The van der Waals surface area contributed by atoms with E-state index >= 15 is 0 Å². The maximum atomic E-state index is 13.2. The van der Waals surface area contributed by atoms with Crippen LogP contribution in [0.15, 0.2) is 28.8 Å². The third-order valence-corrected chi connectivity index (χ3v) is 3.88. The predicted molar refractivity (Wildman–Crippen MR) is 89.1 cm³/mol. The van der Waals surface area contributed by atoms with Gasteiger partial charge in [-0.05, 0) is 38.4 Å². The third kappa shape index (κ3) is 4.30. The van der Waals surface area contributed by atoms with Crippen molar-refractivity contribution in [3.8, 4) is 11.4 Å². The SMILES string of the molecule is CC(NC(=O)C1CCCCN1)c1nc(-c2cccc(F)c2)no1.Cl. The Bertz CT molecular complexity index is 688. The van der Waals surface area contributed by atoms with E-state index in [0.29, 0.717) is 17.3 Å². The molecule has 2 aromatic rings. The van der Waals surface area contributed by atoms with Crippen LogP contribution in [-0.4, -0.2) is 28.6 Å². The quantitative estimate of drug-likeness (QED) is 0.882. The summed E-state index contributed by atoms with van der Waals surface area (Å²) in [4.78, 5) is 16.4. The van der Waals surface area contributed by atoms with E-state index in [2.05, 4.69) is 20.8 Å². The number of carbonyl (C=O) groups is 1. The van der Waals surface area contributed by atoms with Gasteiger partial charge in [-0.3, -0.25) is 4.79 Å². The molecule has 1 aliphatic heterocycles. The van der Waals surface area contributed by atoms with Gasteiger partial charge in [-0.25, -0.2) is 4.39 Å². The molecule has 8 heteroatoms. The molecule has 2 atom stereocenters. The maximum absolute atomic E-state index is 13.2. The first-order valence-electron chi connectivity index (χ1n) is 7.77. The molecule has 2 heterocycles. The molecule has 3 rings (SSSR count). The number of halogens is 2. The summed E-state index contributed by atoms with van der Waals surface area (Å²) in [5.41, 5.74) is 0.535. The average molecular weight is 355 g/mol. The molecule has 1 amide bonds. The van der Waals surface area contributed by atoms with Gasteiger partial charge in [-0.15, -0.1) is 12.4 Å². The Labute approximate surface area is 145 Å². The minimum Gasteiger partial charge on any atom is -0.343 e. The Morgan fingerprint density at radius 1 is 1.46 bits per heavy atom. The molecule has 24 heavy (non-hydrogen) atoms. The molecule has 1 aliphatic rings. The Morgan fingerprint density at radius 2 is 2.29 bits per heavy atom. The molecular weight excluding hydrogens is 335 g/mol. The highest BCUT2D eigenvalue weighted by molar-refractivity contribution is 5.85. The summed E-state index contributed by atoms with van der Waals surface area (Å²) in [5.74, 6) is 0.172. The molecule has 0 aliphatic carbocycles. The zero-order valence-corrected chi connectivity index (χ0v) is 14.1. The van der Waals surface area contributed by atoms with E-state index < -0.39 is 6.04 Å². The van der Waals surface area contributed by atoms with Crippen LogP contribution in [0.1, 0.15) is 38.1 Å². The zero-order valence-electron chi connectivity index (χ0n) is 13.3. The summed E-state index contributed by atoms with van der Waals surface area (Å²) >= 11 is 0. The summed E-state index contributed by atoms with van der Waals surface area (Å²) in [7, 11) is 0. The van der Waals surface area contributed by atoms with Gasteiger partial charge in [0.25, 0.3) is 0 Å². The van der Waals surface area contributed by atoms with Crippen LogP contribution in [0, 0.1) is 5.82 Å². The lowest BCUT2D eigenvalue weighted by atomic mass is 10.0. The normalized spacial score (nSPS) is 18.5. The molecule has 1 fully saturated rings. The molecule has 0 bridgehead atoms. The van der Waals surface area contributed by atoms with Crippen LogP contribution >= 0.6 is 12.4 Å². The number of hydrogen-bond acceptors (Lipinski definition) is 5. The molecule has 0 saturated carbocycles. The molecule has 1 aromatic heterocycles. The number of nitrogens with zero attached hydrogens (tertiary/aromatic N) is 2. The van der Waals surface area contributed by atoms with Gasteiger partial charge in [0.1, 0.15) is 11.9 Å². The smallest absolute Gasteiger partial charge is 0.249 e. The number of piperidine rings is 1. The van der Waals surface area contributed by atoms with Gasteiger partial charge in [0, 0.05) is 5.56 Å². The van der Waals surface area contributed by atoms with E-state index in [1.807, 2.05) is 0 Å². The van der Waals surface area contributed by atoms with Crippen molar-refractivity contribution in [3.63, 3.8) is 0 Å².